The standard InChI is InChI=1S/C24H26Cl2N6O4/c1-15(13-23(35)27-19-9-5-3-7-17(19)25)29-31-21(33)11-12-22(34)32-30-16(2)14-24(36)28-20-10-6-4-8-18(20)26/h3-10H,11-14H2,1-2H3,(H,27,35)(H,28,36)(H,31,33)(H,32,34)/b29-15+,30-16+. The van der Waals surface area contributed by atoms with Gasteiger partial charge in [0.25, 0.3) is 0 Å². The molecule has 0 aliphatic carbocycles. The van der Waals surface area contributed by atoms with E-state index < -0.39 is 11.8 Å². The van der Waals surface area contributed by atoms with Crippen LogP contribution >= 0.6 is 23.2 Å². The van der Waals surface area contributed by atoms with Gasteiger partial charge < -0.3 is 10.6 Å². The third kappa shape index (κ3) is 10.7. The lowest BCUT2D eigenvalue weighted by Gasteiger charge is -2.07. The van der Waals surface area contributed by atoms with Crippen LogP contribution in [0.1, 0.15) is 39.5 Å². The van der Waals surface area contributed by atoms with Crippen molar-refractivity contribution in [1.29, 1.82) is 0 Å². The number of nitrogens with zero attached hydrogens (tertiary/aromatic N) is 2. The number of hydrogen-bond acceptors (Lipinski definition) is 6. The summed E-state index contributed by atoms with van der Waals surface area (Å²) in [5.41, 5.74) is 6.29. The number of hydrazone groups is 2. The molecule has 2 rings (SSSR count). The van der Waals surface area contributed by atoms with Gasteiger partial charge in [0.15, 0.2) is 0 Å². The van der Waals surface area contributed by atoms with E-state index in [1.54, 1.807) is 62.4 Å². The molecule has 0 aromatic heterocycles. The Bertz CT molecular complexity index is 1090. The van der Waals surface area contributed by atoms with E-state index >= 15 is 0 Å². The minimum Gasteiger partial charge on any atom is -0.324 e. The lowest BCUT2D eigenvalue weighted by molar-refractivity contribution is -0.126. The van der Waals surface area contributed by atoms with Crippen molar-refractivity contribution in [2.75, 3.05) is 10.6 Å². The second-order valence-corrected chi connectivity index (χ2v) is 8.49. The average Bonchev–Trinajstić information content (AvgIpc) is 2.83. The number of carbonyl (C=O) groups is 4. The fraction of sp³-hybridized carbons (Fsp3) is 0.250. The molecule has 190 valence electrons. The van der Waals surface area contributed by atoms with Gasteiger partial charge in [-0.3, -0.25) is 19.2 Å². The first-order valence-electron chi connectivity index (χ1n) is 10.9. The molecule has 0 radical (unpaired) electrons. The van der Waals surface area contributed by atoms with E-state index in [1.165, 1.54) is 0 Å². The minimum atomic E-state index is -0.504. The maximum atomic E-state index is 12.1. The van der Waals surface area contributed by atoms with Crippen LogP contribution in [0.4, 0.5) is 11.4 Å². The van der Waals surface area contributed by atoms with E-state index in [0.29, 0.717) is 32.8 Å². The summed E-state index contributed by atoms with van der Waals surface area (Å²) in [6.45, 7) is 3.16. The Morgan fingerprint density at radius 2 is 1.00 bits per heavy atom. The Labute approximate surface area is 218 Å². The van der Waals surface area contributed by atoms with Gasteiger partial charge in [-0.15, -0.1) is 0 Å². The molecule has 2 aromatic rings. The predicted molar refractivity (Wildman–Crippen MR) is 141 cm³/mol. The summed E-state index contributed by atoms with van der Waals surface area (Å²) >= 11 is 12.0. The summed E-state index contributed by atoms with van der Waals surface area (Å²) < 4.78 is 0. The highest BCUT2D eigenvalue weighted by molar-refractivity contribution is 6.34. The van der Waals surface area contributed by atoms with Gasteiger partial charge in [-0.1, -0.05) is 47.5 Å². The van der Waals surface area contributed by atoms with Crippen LogP contribution in [0.25, 0.3) is 0 Å². The summed E-state index contributed by atoms with van der Waals surface area (Å²) in [7, 11) is 0. The summed E-state index contributed by atoms with van der Waals surface area (Å²) in [4.78, 5) is 48.0. The molecular formula is C24H26Cl2N6O4. The van der Waals surface area contributed by atoms with Crippen LogP contribution in [0.2, 0.25) is 10.0 Å². The monoisotopic (exact) mass is 532 g/mol. The van der Waals surface area contributed by atoms with Crippen molar-refractivity contribution in [3.63, 3.8) is 0 Å². The van der Waals surface area contributed by atoms with Crippen LogP contribution < -0.4 is 21.5 Å². The van der Waals surface area contributed by atoms with Gasteiger partial charge >= 0.3 is 0 Å². The zero-order valence-electron chi connectivity index (χ0n) is 19.7. The Hall–Kier alpha value is -3.76. The van der Waals surface area contributed by atoms with Crippen LogP contribution in [0.15, 0.2) is 58.7 Å². The lowest BCUT2D eigenvalue weighted by atomic mass is 10.2. The van der Waals surface area contributed by atoms with Crippen LogP contribution in [0, 0.1) is 0 Å². The number of hydrogen-bond donors (Lipinski definition) is 4. The molecule has 0 saturated carbocycles. The van der Waals surface area contributed by atoms with Crippen molar-refractivity contribution in [3.05, 3.63) is 58.6 Å². The molecule has 36 heavy (non-hydrogen) atoms. The molecule has 0 heterocycles. The number of carbonyl (C=O) groups excluding carboxylic acids is 4. The minimum absolute atomic E-state index is 0.0516. The highest BCUT2D eigenvalue weighted by atomic mass is 35.5. The van der Waals surface area contributed by atoms with E-state index in [2.05, 4.69) is 31.7 Å². The van der Waals surface area contributed by atoms with Crippen molar-refractivity contribution in [1.82, 2.24) is 10.9 Å². The Balaban J connectivity index is 1.68. The van der Waals surface area contributed by atoms with Crippen LogP contribution in [-0.4, -0.2) is 35.1 Å². The number of para-hydroxylation sites is 2. The van der Waals surface area contributed by atoms with E-state index in [0.717, 1.165) is 0 Å². The third-order valence-corrected chi connectivity index (χ3v) is 5.11. The SMILES string of the molecule is C/C(CC(=O)Nc1ccccc1Cl)=N\NC(=O)CCC(=O)N/N=C(\C)CC(=O)Nc1ccccc1Cl. The maximum absolute atomic E-state index is 12.1. The van der Waals surface area contributed by atoms with Crippen LogP contribution in [0.5, 0.6) is 0 Å². The number of nitrogens with one attached hydrogen (secondary N) is 4. The second kappa shape index (κ2) is 14.6. The van der Waals surface area contributed by atoms with E-state index in [-0.39, 0.29) is 37.5 Å². The largest absolute Gasteiger partial charge is 0.324 e. The summed E-state index contributed by atoms with van der Waals surface area (Å²) in [5, 5.41) is 13.9. The topological polar surface area (TPSA) is 141 Å². The number of anilines is 2. The third-order valence-electron chi connectivity index (χ3n) is 4.45. The van der Waals surface area contributed by atoms with Crippen molar-refractivity contribution in [3.8, 4) is 0 Å². The van der Waals surface area contributed by atoms with Gasteiger partial charge in [0.1, 0.15) is 0 Å². The van der Waals surface area contributed by atoms with Gasteiger partial charge in [0.05, 0.1) is 34.3 Å². The van der Waals surface area contributed by atoms with E-state index in [1.807, 2.05) is 0 Å². The second-order valence-electron chi connectivity index (χ2n) is 7.67. The molecular weight excluding hydrogens is 507 g/mol. The molecule has 2 aromatic carbocycles. The number of halogens is 2. The van der Waals surface area contributed by atoms with E-state index in [4.69, 9.17) is 23.2 Å². The van der Waals surface area contributed by atoms with Crippen LogP contribution in [-0.2, 0) is 19.2 Å². The predicted octanol–water partition coefficient (Wildman–Crippen LogP) is 4.12. The van der Waals surface area contributed by atoms with Crippen molar-refractivity contribution < 1.29 is 19.2 Å². The van der Waals surface area contributed by atoms with Gasteiger partial charge in [-0.05, 0) is 38.1 Å². The molecule has 0 saturated heterocycles. The lowest BCUT2D eigenvalue weighted by Crippen LogP contribution is -2.25. The highest BCUT2D eigenvalue weighted by Crippen LogP contribution is 2.21. The summed E-state index contributed by atoms with van der Waals surface area (Å²) in [6.07, 6.45) is -0.389. The average molecular weight is 533 g/mol. The molecule has 0 atom stereocenters. The number of rotatable bonds is 11. The fourth-order valence-corrected chi connectivity index (χ4v) is 3.08. The molecule has 0 aliphatic rings. The Morgan fingerprint density at radius 3 is 1.36 bits per heavy atom. The summed E-state index contributed by atoms with van der Waals surface area (Å²) in [5.74, 6) is -1.69. The molecule has 10 nitrogen and oxygen atoms in total. The Morgan fingerprint density at radius 1 is 0.639 bits per heavy atom. The highest BCUT2D eigenvalue weighted by Gasteiger charge is 2.10. The normalized spacial score (nSPS) is 11.4. The van der Waals surface area contributed by atoms with Gasteiger partial charge in [0.2, 0.25) is 23.6 Å². The quantitative estimate of drug-likeness (QED) is 0.255. The molecule has 4 N–H and O–H groups in total. The molecule has 4 amide bonds. The van der Waals surface area contributed by atoms with Gasteiger partial charge in [-0.2, -0.15) is 10.2 Å². The molecule has 0 spiro atoms. The van der Waals surface area contributed by atoms with E-state index in [9.17, 15) is 19.2 Å². The first-order valence-corrected chi connectivity index (χ1v) is 11.6. The van der Waals surface area contributed by atoms with Crippen molar-refractivity contribution in [2.24, 2.45) is 10.2 Å². The Kier molecular flexibility index (Phi) is 11.5. The molecule has 12 heteroatoms. The molecule has 0 unspecified atom stereocenters. The zero-order valence-corrected chi connectivity index (χ0v) is 21.2. The molecule has 0 fully saturated rings. The number of benzene rings is 2. The first-order chi connectivity index (χ1) is 17.1. The zero-order chi connectivity index (χ0) is 26.5. The van der Waals surface area contributed by atoms with Gasteiger partial charge in [-0.25, -0.2) is 10.9 Å². The fourth-order valence-electron chi connectivity index (χ4n) is 2.71. The van der Waals surface area contributed by atoms with Crippen LogP contribution in [0.3, 0.4) is 0 Å². The molecule has 0 aliphatic heterocycles. The maximum Gasteiger partial charge on any atom is 0.240 e. The van der Waals surface area contributed by atoms with Gasteiger partial charge in [0, 0.05) is 24.3 Å². The van der Waals surface area contributed by atoms with Crippen molar-refractivity contribution >= 4 is 69.6 Å². The van der Waals surface area contributed by atoms with Crippen molar-refractivity contribution in [2.45, 2.75) is 39.5 Å². The number of amides is 4. The smallest absolute Gasteiger partial charge is 0.240 e. The summed E-state index contributed by atoms with van der Waals surface area (Å²) in [6, 6.07) is 13.6. The molecule has 0 bridgehead atoms. The first kappa shape index (κ1) is 28.5.